The SMILES string of the molecule is CC1(CNC(=O)c2cccc3c2OCCO3)COC1. The molecule has 0 aliphatic carbocycles. The molecule has 0 saturated carbocycles. The fourth-order valence-electron chi connectivity index (χ4n) is 2.19. The van der Waals surface area contributed by atoms with Crippen molar-refractivity contribution < 1.29 is 19.0 Å². The Morgan fingerprint density at radius 2 is 2.11 bits per heavy atom. The Kier molecular flexibility index (Phi) is 3.06. The smallest absolute Gasteiger partial charge is 0.255 e. The van der Waals surface area contributed by atoms with Gasteiger partial charge in [-0.15, -0.1) is 0 Å². The minimum atomic E-state index is -0.129. The monoisotopic (exact) mass is 263 g/mol. The maximum Gasteiger partial charge on any atom is 0.255 e. The number of para-hydroxylation sites is 1. The van der Waals surface area contributed by atoms with Crippen LogP contribution in [-0.4, -0.2) is 38.9 Å². The number of hydrogen-bond acceptors (Lipinski definition) is 4. The Bertz CT molecular complexity index is 496. The van der Waals surface area contributed by atoms with E-state index in [0.29, 0.717) is 50.0 Å². The minimum absolute atomic E-state index is 0.0574. The molecule has 0 unspecified atom stereocenters. The first-order valence-corrected chi connectivity index (χ1v) is 6.43. The average molecular weight is 263 g/mol. The number of hydrogen-bond donors (Lipinski definition) is 1. The summed E-state index contributed by atoms with van der Waals surface area (Å²) in [6.45, 7) is 5.09. The van der Waals surface area contributed by atoms with E-state index < -0.39 is 0 Å². The molecule has 2 aliphatic heterocycles. The van der Waals surface area contributed by atoms with Gasteiger partial charge in [-0.05, 0) is 12.1 Å². The summed E-state index contributed by atoms with van der Waals surface area (Å²) >= 11 is 0. The van der Waals surface area contributed by atoms with Gasteiger partial charge >= 0.3 is 0 Å². The molecule has 5 heteroatoms. The first-order valence-electron chi connectivity index (χ1n) is 6.43. The van der Waals surface area contributed by atoms with Crippen molar-refractivity contribution in [2.45, 2.75) is 6.92 Å². The number of ether oxygens (including phenoxy) is 3. The number of fused-ring (bicyclic) bond motifs is 1. The van der Waals surface area contributed by atoms with E-state index >= 15 is 0 Å². The molecule has 0 atom stereocenters. The maximum absolute atomic E-state index is 12.2. The van der Waals surface area contributed by atoms with Crippen LogP contribution in [0.1, 0.15) is 17.3 Å². The molecule has 1 fully saturated rings. The lowest BCUT2D eigenvalue weighted by molar-refractivity contribution is -0.0978. The third kappa shape index (κ3) is 2.38. The Labute approximate surface area is 111 Å². The van der Waals surface area contributed by atoms with Crippen molar-refractivity contribution >= 4 is 5.91 Å². The summed E-state index contributed by atoms with van der Waals surface area (Å²) < 4.78 is 16.2. The normalized spacial score (nSPS) is 19.4. The predicted molar refractivity (Wildman–Crippen MR) is 68.7 cm³/mol. The number of rotatable bonds is 3. The van der Waals surface area contributed by atoms with Crippen LogP contribution in [0.3, 0.4) is 0 Å². The largest absolute Gasteiger partial charge is 0.486 e. The number of benzene rings is 1. The molecule has 5 nitrogen and oxygen atoms in total. The van der Waals surface area contributed by atoms with Crippen molar-refractivity contribution in [1.29, 1.82) is 0 Å². The van der Waals surface area contributed by atoms with E-state index in [9.17, 15) is 4.79 Å². The second-order valence-corrected chi connectivity index (χ2v) is 5.32. The highest BCUT2D eigenvalue weighted by Crippen LogP contribution is 2.33. The van der Waals surface area contributed by atoms with Crippen molar-refractivity contribution in [1.82, 2.24) is 5.32 Å². The number of nitrogens with one attached hydrogen (secondary N) is 1. The van der Waals surface area contributed by atoms with Gasteiger partial charge in [-0.2, -0.15) is 0 Å². The standard InChI is InChI=1S/C14H17NO4/c1-14(8-17-9-14)7-15-13(16)10-3-2-4-11-12(10)19-6-5-18-11/h2-4H,5-9H2,1H3,(H,15,16). The zero-order valence-electron chi connectivity index (χ0n) is 10.9. The van der Waals surface area contributed by atoms with Gasteiger partial charge < -0.3 is 19.5 Å². The van der Waals surface area contributed by atoms with Gasteiger partial charge in [0.25, 0.3) is 5.91 Å². The van der Waals surface area contributed by atoms with Crippen LogP contribution in [0.2, 0.25) is 0 Å². The Hall–Kier alpha value is -1.75. The van der Waals surface area contributed by atoms with E-state index in [4.69, 9.17) is 14.2 Å². The molecule has 19 heavy (non-hydrogen) atoms. The van der Waals surface area contributed by atoms with Gasteiger partial charge in [-0.3, -0.25) is 4.79 Å². The first kappa shape index (κ1) is 12.3. The van der Waals surface area contributed by atoms with Gasteiger partial charge in [0.1, 0.15) is 13.2 Å². The molecule has 1 aromatic rings. The van der Waals surface area contributed by atoms with Gasteiger partial charge in [-0.25, -0.2) is 0 Å². The summed E-state index contributed by atoms with van der Waals surface area (Å²) in [6, 6.07) is 5.37. The minimum Gasteiger partial charge on any atom is -0.486 e. The third-order valence-electron chi connectivity index (χ3n) is 3.39. The molecule has 3 rings (SSSR count). The number of carbonyl (C=O) groups is 1. The fourth-order valence-corrected chi connectivity index (χ4v) is 2.19. The summed E-state index contributed by atoms with van der Waals surface area (Å²) in [4.78, 5) is 12.2. The van der Waals surface area contributed by atoms with E-state index in [1.807, 2.05) is 6.07 Å². The van der Waals surface area contributed by atoms with Gasteiger partial charge in [0.15, 0.2) is 11.5 Å². The van der Waals surface area contributed by atoms with Crippen LogP contribution < -0.4 is 14.8 Å². The van der Waals surface area contributed by atoms with Crippen LogP contribution in [0.4, 0.5) is 0 Å². The lowest BCUT2D eigenvalue weighted by Gasteiger charge is -2.38. The molecule has 2 heterocycles. The van der Waals surface area contributed by atoms with Crippen LogP contribution >= 0.6 is 0 Å². The quantitative estimate of drug-likeness (QED) is 0.891. The zero-order valence-corrected chi connectivity index (χ0v) is 10.9. The van der Waals surface area contributed by atoms with E-state index in [1.165, 1.54) is 0 Å². The highest BCUT2D eigenvalue weighted by Gasteiger charge is 2.34. The molecule has 0 radical (unpaired) electrons. The molecule has 1 N–H and O–H groups in total. The summed E-state index contributed by atoms with van der Waals surface area (Å²) in [5.74, 6) is 1.05. The first-order chi connectivity index (χ1) is 9.18. The molecule has 1 saturated heterocycles. The van der Waals surface area contributed by atoms with Gasteiger partial charge in [0.05, 0.1) is 18.8 Å². The molecule has 102 valence electrons. The van der Waals surface area contributed by atoms with Crippen LogP contribution in [0, 0.1) is 5.41 Å². The lowest BCUT2D eigenvalue weighted by atomic mass is 9.88. The van der Waals surface area contributed by atoms with Gasteiger partial charge in [-0.1, -0.05) is 13.0 Å². The van der Waals surface area contributed by atoms with E-state index in [2.05, 4.69) is 12.2 Å². The van der Waals surface area contributed by atoms with Crippen LogP contribution in [0.15, 0.2) is 18.2 Å². The highest BCUT2D eigenvalue weighted by molar-refractivity contribution is 5.97. The van der Waals surface area contributed by atoms with Crippen molar-refractivity contribution in [3.63, 3.8) is 0 Å². The molecular weight excluding hydrogens is 246 g/mol. The number of amides is 1. The van der Waals surface area contributed by atoms with Crippen molar-refractivity contribution in [3.05, 3.63) is 23.8 Å². The zero-order chi connectivity index (χ0) is 13.3. The molecule has 1 amide bonds. The molecule has 0 bridgehead atoms. The predicted octanol–water partition coefficient (Wildman–Crippen LogP) is 1.22. The van der Waals surface area contributed by atoms with Crippen LogP contribution in [-0.2, 0) is 4.74 Å². The molecule has 2 aliphatic rings. The average Bonchev–Trinajstić information content (AvgIpc) is 2.42. The second kappa shape index (κ2) is 4.74. The second-order valence-electron chi connectivity index (χ2n) is 5.32. The van der Waals surface area contributed by atoms with Crippen molar-refractivity contribution in [2.24, 2.45) is 5.41 Å². The van der Waals surface area contributed by atoms with E-state index in [1.54, 1.807) is 12.1 Å². The molecular formula is C14H17NO4. The van der Waals surface area contributed by atoms with E-state index in [0.717, 1.165) is 0 Å². The highest BCUT2D eigenvalue weighted by atomic mass is 16.6. The summed E-state index contributed by atoms with van der Waals surface area (Å²) in [5.41, 5.74) is 0.586. The van der Waals surface area contributed by atoms with Crippen LogP contribution in [0.5, 0.6) is 11.5 Å². The van der Waals surface area contributed by atoms with Gasteiger partial charge in [0, 0.05) is 12.0 Å². The van der Waals surface area contributed by atoms with Crippen LogP contribution in [0.25, 0.3) is 0 Å². The van der Waals surface area contributed by atoms with Crippen molar-refractivity contribution in [2.75, 3.05) is 33.0 Å². The molecule has 0 aromatic heterocycles. The maximum atomic E-state index is 12.2. The Morgan fingerprint density at radius 3 is 2.84 bits per heavy atom. The summed E-state index contributed by atoms with van der Waals surface area (Å²) in [6.07, 6.45) is 0. The lowest BCUT2D eigenvalue weighted by Crippen LogP contribution is -2.48. The van der Waals surface area contributed by atoms with E-state index in [-0.39, 0.29) is 11.3 Å². The third-order valence-corrected chi connectivity index (χ3v) is 3.39. The molecule has 1 aromatic carbocycles. The Balaban J connectivity index is 1.72. The fraction of sp³-hybridized carbons (Fsp3) is 0.500. The Morgan fingerprint density at radius 1 is 1.32 bits per heavy atom. The summed E-state index contributed by atoms with van der Waals surface area (Å²) in [5, 5.41) is 2.94. The van der Waals surface area contributed by atoms with Gasteiger partial charge in [0.2, 0.25) is 0 Å². The number of carbonyl (C=O) groups excluding carboxylic acids is 1. The topological polar surface area (TPSA) is 56.8 Å². The molecule has 0 spiro atoms. The van der Waals surface area contributed by atoms with Crippen molar-refractivity contribution in [3.8, 4) is 11.5 Å². The summed E-state index contributed by atoms with van der Waals surface area (Å²) in [7, 11) is 0.